The number of aromatic nitrogens is 1. The van der Waals surface area contributed by atoms with Gasteiger partial charge < -0.3 is 0 Å². The average molecular weight is 237 g/mol. The largest absolute Gasteiger partial charge is 0.251 e. The van der Waals surface area contributed by atoms with Gasteiger partial charge in [0.15, 0.2) is 0 Å². The van der Waals surface area contributed by atoms with E-state index in [1.807, 2.05) is 0 Å². The van der Waals surface area contributed by atoms with Crippen molar-refractivity contribution in [1.29, 1.82) is 0 Å². The summed E-state index contributed by atoms with van der Waals surface area (Å²) in [6, 6.07) is 2.60. The molecule has 0 radical (unpaired) electrons. The van der Waals surface area contributed by atoms with Gasteiger partial charge in [-0.1, -0.05) is 12.0 Å². The maximum Gasteiger partial charge on any atom is 0.251 e. The van der Waals surface area contributed by atoms with Gasteiger partial charge in [0.25, 0.3) is 5.92 Å². The maximum atomic E-state index is 13.5. The highest BCUT2D eigenvalue weighted by Crippen LogP contribution is 2.36. The van der Waals surface area contributed by atoms with Crippen LogP contribution in [0.1, 0.15) is 30.7 Å². The highest BCUT2D eigenvalue weighted by atomic mass is 19.3. The smallest absolute Gasteiger partial charge is 0.237 e. The van der Waals surface area contributed by atoms with Gasteiger partial charge in [-0.05, 0) is 24.1 Å². The summed E-state index contributed by atoms with van der Waals surface area (Å²) in [4.78, 5) is 3.94. The number of hydrogen-bond acceptors (Lipinski definition) is 1. The van der Waals surface area contributed by atoms with Gasteiger partial charge in [-0.15, -0.1) is 6.42 Å². The normalized spacial score (nSPS) is 18.4. The van der Waals surface area contributed by atoms with E-state index < -0.39 is 11.7 Å². The Hall–Kier alpha value is -1.76. The molecule has 17 heavy (non-hydrogen) atoms. The molecule has 0 aliphatic heterocycles. The molecule has 0 bridgehead atoms. The fourth-order valence-electron chi connectivity index (χ4n) is 1.76. The minimum absolute atomic E-state index is 0.0935. The van der Waals surface area contributed by atoms with Crippen LogP contribution in [0.15, 0.2) is 18.2 Å². The SMILES string of the molecule is C#Cc1ccc(F)c(C2=CCC(F)(F)CC2)n1. The van der Waals surface area contributed by atoms with Crippen LogP contribution < -0.4 is 0 Å². The van der Waals surface area contributed by atoms with E-state index in [-0.39, 0.29) is 25.0 Å². The second kappa shape index (κ2) is 4.25. The van der Waals surface area contributed by atoms with Crippen molar-refractivity contribution >= 4 is 5.57 Å². The van der Waals surface area contributed by atoms with E-state index >= 15 is 0 Å². The molecule has 1 aliphatic carbocycles. The number of allylic oxidation sites excluding steroid dienone is 2. The number of alkyl halides is 2. The van der Waals surface area contributed by atoms with Crippen molar-refractivity contribution < 1.29 is 13.2 Å². The summed E-state index contributed by atoms with van der Waals surface area (Å²) >= 11 is 0. The first kappa shape index (κ1) is 11.7. The van der Waals surface area contributed by atoms with Gasteiger partial charge in [0, 0.05) is 12.8 Å². The molecule has 2 rings (SSSR count). The second-order valence-corrected chi connectivity index (χ2v) is 3.96. The first-order chi connectivity index (χ1) is 8.02. The zero-order chi connectivity index (χ0) is 12.5. The van der Waals surface area contributed by atoms with E-state index in [0.29, 0.717) is 11.3 Å². The van der Waals surface area contributed by atoms with Crippen molar-refractivity contribution in [3.63, 3.8) is 0 Å². The van der Waals surface area contributed by atoms with Crippen molar-refractivity contribution in [1.82, 2.24) is 4.98 Å². The summed E-state index contributed by atoms with van der Waals surface area (Å²) in [6.07, 6.45) is 5.98. The zero-order valence-electron chi connectivity index (χ0n) is 9.01. The maximum absolute atomic E-state index is 13.5. The molecule has 0 spiro atoms. The molecular formula is C13H10F3N. The van der Waals surface area contributed by atoms with Crippen LogP contribution in [0, 0.1) is 18.2 Å². The third-order valence-electron chi connectivity index (χ3n) is 2.71. The minimum Gasteiger partial charge on any atom is -0.237 e. The Morgan fingerprint density at radius 2 is 2.12 bits per heavy atom. The molecule has 0 saturated carbocycles. The summed E-state index contributed by atoms with van der Waals surface area (Å²) in [5, 5.41) is 0. The molecule has 4 heteroatoms. The summed E-state index contributed by atoms with van der Waals surface area (Å²) in [5.74, 6) is -0.921. The van der Waals surface area contributed by atoms with Gasteiger partial charge in [-0.25, -0.2) is 18.2 Å². The molecule has 0 atom stereocenters. The molecule has 1 aromatic heterocycles. The second-order valence-electron chi connectivity index (χ2n) is 3.96. The van der Waals surface area contributed by atoms with Crippen LogP contribution in [-0.4, -0.2) is 10.9 Å². The molecule has 1 heterocycles. The number of halogens is 3. The van der Waals surface area contributed by atoms with E-state index in [0.717, 1.165) is 0 Å². The quantitative estimate of drug-likeness (QED) is 0.682. The molecular weight excluding hydrogens is 227 g/mol. The lowest BCUT2D eigenvalue weighted by atomic mass is 9.94. The Balaban J connectivity index is 2.36. The molecule has 0 saturated heterocycles. The third kappa shape index (κ3) is 2.50. The molecule has 1 aliphatic rings. The highest BCUT2D eigenvalue weighted by molar-refractivity contribution is 5.64. The van der Waals surface area contributed by atoms with Gasteiger partial charge in [0.1, 0.15) is 17.2 Å². The van der Waals surface area contributed by atoms with E-state index in [4.69, 9.17) is 6.42 Å². The Bertz CT molecular complexity index is 512. The predicted octanol–water partition coefficient (Wildman–Crippen LogP) is 3.40. The molecule has 88 valence electrons. The topological polar surface area (TPSA) is 12.9 Å². The first-order valence-corrected chi connectivity index (χ1v) is 5.22. The third-order valence-corrected chi connectivity index (χ3v) is 2.71. The lowest BCUT2D eigenvalue weighted by molar-refractivity contribution is -0.00608. The van der Waals surface area contributed by atoms with Gasteiger partial charge in [-0.3, -0.25) is 0 Å². The average Bonchev–Trinajstić information content (AvgIpc) is 2.30. The van der Waals surface area contributed by atoms with Crippen LogP contribution in [-0.2, 0) is 0 Å². The van der Waals surface area contributed by atoms with E-state index in [1.54, 1.807) is 0 Å². The van der Waals surface area contributed by atoms with Crippen LogP contribution >= 0.6 is 0 Å². The van der Waals surface area contributed by atoms with Crippen LogP contribution in [0.3, 0.4) is 0 Å². The minimum atomic E-state index is -2.69. The Labute approximate surface area is 97.4 Å². The van der Waals surface area contributed by atoms with Crippen molar-refractivity contribution in [3.05, 3.63) is 35.4 Å². The first-order valence-electron chi connectivity index (χ1n) is 5.22. The molecule has 1 nitrogen and oxygen atoms in total. The molecule has 0 fully saturated rings. The molecule has 0 unspecified atom stereocenters. The van der Waals surface area contributed by atoms with Crippen LogP contribution in [0.25, 0.3) is 5.57 Å². The van der Waals surface area contributed by atoms with Crippen molar-refractivity contribution in [2.24, 2.45) is 0 Å². The lowest BCUT2D eigenvalue weighted by Gasteiger charge is -2.21. The molecule has 0 amide bonds. The van der Waals surface area contributed by atoms with Crippen LogP contribution in [0.5, 0.6) is 0 Å². The number of nitrogens with zero attached hydrogens (tertiary/aromatic N) is 1. The summed E-state index contributed by atoms with van der Waals surface area (Å²) in [7, 11) is 0. The van der Waals surface area contributed by atoms with Gasteiger partial charge in [-0.2, -0.15) is 0 Å². The number of hydrogen-bond donors (Lipinski definition) is 0. The number of pyridine rings is 1. The number of rotatable bonds is 1. The van der Waals surface area contributed by atoms with Crippen LogP contribution in [0.2, 0.25) is 0 Å². The van der Waals surface area contributed by atoms with Gasteiger partial charge in [0.2, 0.25) is 0 Å². The van der Waals surface area contributed by atoms with Crippen LogP contribution in [0.4, 0.5) is 13.2 Å². The fourth-order valence-corrected chi connectivity index (χ4v) is 1.76. The van der Waals surface area contributed by atoms with Crippen molar-refractivity contribution in [2.75, 3.05) is 0 Å². The van der Waals surface area contributed by atoms with Crippen molar-refractivity contribution in [3.8, 4) is 12.3 Å². The lowest BCUT2D eigenvalue weighted by Crippen LogP contribution is -2.18. The summed E-state index contributed by atoms with van der Waals surface area (Å²) in [5.41, 5.74) is 0.904. The monoisotopic (exact) mass is 237 g/mol. The molecule has 1 aromatic rings. The van der Waals surface area contributed by atoms with Gasteiger partial charge >= 0.3 is 0 Å². The summed E-state index contributed by atoms with van der Waals surface area (Å²) in [6.45, 7) is 0. The Kier molecular flexibility index (Phi) is 2.93. The summed E-state index contributed by atoms with van der Waals surface area (Å²) < 4.78 is 39.4. The van der Waals surface area contributed by atoms with E-state index in [1.165, 1.54) is 18.2 Å². The standard InChI is InChI=1S/C13H10F3N/c1-2-10-3-4-11(14)12(17-10)9-5-7-13(15,16)8-6-9/h1,3-5H,6-8H2. The molecule has 0 aromatic carbocycles. The van der Waals surface area contributed by atoms with Gasteiger partial charge in [0.05, 0.1) is 0 Å². The van der Waals surface area contributed by atoms with E-state index in [9.17, 15) is 13.2 Å². The van der Waals surface area contributed by atoms with Crippen molar-refractivity contribution in [2.45, 2.75) is 25.2 Å². The highest BCUT2D eigenvalue weighted by Gasteiger charge is 2.31. The Morgan fingerprint density at radius 3 is 2.71 bits per heavy atom. The van der Waals surface area contributed by atoms with E-state index in [2.05, 4.69) is 10.9 Å². The fraction of sp³-hybridized carbons (Fsp3) is 0.308. The molecule has 0 N–H and O–H groups in total. The Morgan fingerprint density at radius 1 is 1.35 bits per heavy atom. The number of terminal acetylenes is 1. The predicted molar refractivity (Wildman–Crippen MR) is 58.9 cm³/mol. The zero-order valence-corrected chi connectivity index (χ0v) is 9.01.